The Morgan fingerprint density at radius 1 is 0.472 bits per heavy atom. The maximum absolute atomic E-state index is 12.5. The third kappa shape index (κ3) is 36.2. The SMILES string of the molecule is CCCCC/C=C\C=C/CCCCCCCCCCCC(O)C(=O)NC(CO)C(O)C(O)CCCCCCCCCCCCCCCCCCCCC. The first kappa shape index (κ1) is 51.8. The topological polar surface area (TPSA) is 110 Å². The van der Waals surface area contributed by atoms with Crippen molar-refractivity contribution in [2.45, 2.75) is 263 Å². The molecule has 0 spiro atoms. The molecule has 5 N–H and O–H groups in total. The molecule has 0 aliphatic heterocycles. The van der Waals surface area contributed by atoms with Crippen LogP contribution in [-0.2, 0) is 4.79 Å². The van der Waals surface area contributed by atoms with Crippen LogP contribution in [0, 0.1) is 0 Å². The van der Waals surface area contributed by atoms with Gasteiger partial charge in [0.1, 0.15) is 12.2 Å². The van der Waals surface area contributed by atoms with Gasteiger partial charge in [-0.05, 0) is 38.5 Å². The molecule has 0 radical (unpaired) electrons. The fraction of sp³-hybridized carbons (Fsp3) is 0.894. The standard InChI is InChI=1S/C47H91NO5/c1-3-5-7-9-11-13-15-17-19-21-23-25-26-28-30-32-34-36-38-40-44(50)46(52)43(42-49)48-47(53)45(51)41-39-37-35-33-31-29-27-24-22-20-18-16-14-12-10-8-6-4-2/h12,14,16,18,43-46,49-52H,3-11,13,15,17,19-42H2,1-2H3,(H,48,53)/b14-12-,18-16-. The summed E-state index contributed by atoms with van der Waals surface area (Å²) < 4.78 is 0. The Bertz CT molecular complexity index is 802. The van der Waals surface area contributed by atoms with Crippen LogP contribution in [0.5, 0.6) is 0 Å². The summed E-state index contributed by atoms with van der Waals surface area (Å²) in [7, 11) is 0. The van der Waals surface area contributed by atoms with Gasteiger partial charge in [-0.2, -0.15) is 0 Å². The van der Waals surface area contributed by atoms with E-state index in [0.29, 0.717) is 12.8 Å². The number of amides is 1. The quantitative estimate of drug-likeness (QED) is 0.0315. The van der Waals surface area contributed by atoms with Gasteiger partial charge in [0.2, 0.25) is 5.91 Å². The van der Waals surface area contributed by atoms with Crippen LogP contribution in [-0.4, -0.2) is 57.3 Å². The molecule has 6 heteroatoms. The van der Waals surface area contributed by atoms with Crippen LogP contribution in [0.15, 0.2) is 24.3 Å². The molecule has 0 saturated carbocycles. The van der Waals surface area contributed by atoms with E-state index in [4.69, 9.17) is 0 Å². The van der Waals surface area contributed by atoms with Crippen LogP contribution < -0.4 is 5.32 Å². The van der Waals surface area contributed by atoms with Crippen LogP contribution in [0.2, 0.25) is 0 Å². The normalized spacial score (nSPS) is 14.3. The van der Waals surface area contributed by atoms with Gasteiger partial charge in [-0.25, -0.2) is 0 Å². The number of allylic oxidation sites excluding steroid dienone is 4. The van der Waals surface area contributed by atoms with E-state index >= 15 is 0 Å². The van der Waals surface area contributed by atoms with Gasteiger partial charge in [0.15, 0.2) is 0 Å². The number of rotatable bonds is 42. The van der Waals surface area contributed by atoms with E-state index in [0.717, 1.165) is 44.9 Å². The first-order valence-corrected chi connectivity index (χ1v) is 23.2. The number of hydrogen-bond donors (Lipinski definition) is 5. The zero-order chi connectivity index (χ0) is 38.9. The molecule has 4 unspecified atom stereocenters. The monoisotopic (exact) mass is 750 g/mol. The molecule has 314 valence electrons. The molecule has 0 saturated heterocycles. The number of carbonyl (C=O) groups is 1. The summed E-state index contributed by atoms with van der Waals surface area (Å²) in [5, 5.41) is 43.8. The fourth-order valence-electron chi connectivity index (χ4n) is 7.22. The minimum atomic E-state index is -1.26. The largest absolute Gasteiger partial charge is 0.394 e. The first-order chi connectivity index (χ1) is 26.0. The van der Waals surface area contributed by atoms with Crippen LogP contribution >= 0.6 is 0 Å². The van der Waals surface area contributed by atoms with Crippen LogP contribution in [0.25, 0.3) is 0 Å². The maximum atomic E-state index is 12.5. The van der Waals surface area contributed by atoms with Crippen molar-refractivity contribution >= 4 is 5.91 Å². The van der Waals surface area contributed by atoms with Crippen LogP contribution in [0.1, 0.15) is 239 Å². The van der Waals surface area contributed by atoms with Gasteiger partial charge in [0.25, 0.3) is 0 Å². The number of unbranched alkanes of at least 4 members (excludes halogenated alkanes) is 30. The summed E-state index contributed by atoms with van der Waals surface area (Å²) in [5.41, 5.74) is 0. The highest BCUT2D eigenvalue weighted by molar-refractivity contribution is 5.80. The summed E-state index contributed by atoms with van der Waals surface area (Å²) in [6, 6.07) is -0.986. The molecule has 0 aliphatic rings. The fourth-order valence-corrected chi connectivity index (χ4v) is 7.22. The van der Waals surface area contributed by atoms with Crippen LogP contribution in [0.4, 0.5) is 0 Å². The molecule has 0 aromatic rings. The number of aliphatic hydroxyl groups excluding tert-OH is 4. The van der Waals surface area contributed by atoms with E-state index in [9.17, 15) is 25.2 Å². The molecule has 0 heterocycles. The minimum absolute atomic E-state index is 0.365. The Hall–Kier alpha value is -1.21. The number of hydrogen-bond acceptors (Lipinski definition) is 5. The molecule has 0 fully saturated rings. The highest BCUT2D eigenvalue weighted by Gasteiger charge is 2.28. The van der Waals surface area contributed by atoms with Crippen molar-refractivity contribution in [1.82, 2.24) is 5.32 Å². The van der Waals surface area contributed by atoms with Crippen molar-refractivity contribution in [1.29, 1.82) is 0 Å². The second-order valence-corrected chi connectivity index (χ2v) is 16.1. The van der Waals surface area contributed by atoms with Gasteiger partial charge >= 0.3 is 0 Å². The number of aliphatic hydroxyl groups is 4. The third-order valence-corrected chi connectivity index (χ3v) is 10.9. The molecule has 1 amide bonds. The van der Waals surface area contributed by atoms with E-state index < -0.39 is 36.9 Å². The van der Waals surface area contributed by atoms with Gasteiger partial charge in [0, 0.05) is 0 Å². The van der Waals surface area contributed by atoms with Crippen molar-refractivity contribution in [2.24, 2.45) is 0 Å². The molecule has 53 heavy (non-hydrogen) atoms. The Balaban J connectivity index is 3.71. The van der Waals surface area contributed by atoms with E-state index in [1.807, 2.05) is 0 Å². The van der Waals surface area contributed by atoms with Crippen molar-refractivity contribution in [2.75, 3.05) is 6.61 Å². The molecule has 0 bridgehead atoms. The van der Waals surface area contributed by atoms with Crippen molar-refractivity contribution < 1.29 is 25.2 Å². The molecule has 0 rings (SSSR count). The Kier molecular flexibility index (Phi) is 41.0. The second kappa shape index (κ2) is 41.9. The average Bonchev–Trinajstić information content (AvgIpc) is 3.16. The highest BCUT2D eigenvalue weighted by Crippen LogP contribution is 2.17. The summed E-state index contributed by atoms with van der Waals surface area (Å²) in [5.74, 6) is -0.586. The number of nitrogens with one attached hydrogen (secondary N) is 1. The molecular formula is C47H91NO5. The minimum Gasteiger partial charge on any atom is -0.394 e. The second-order valence-electron chi connectivity index (χ2n) is 16.1. The van der Waals surface area contributed by atoms with Gasteiger partial charge in [0.05, 0.1) is 18.8 Å². The van der Waals surface area contributed by atoms with Crippen LogP contribution in [0.3, 0.4) is 0 Å². The Morgan fingerprint density at radius 2 is 0.792 bits per heavy atom. The Morgan fingerprint density at radius 3 is 1.19 bits per heavy atom. The summed E-state index contributed by atoms with van der Waals surface area (Å²) in [4.78, 5) is 12.5. The molecule has 6 nitrogen and oxygen atoms in total. The van der Waals surface area contributed by atoms with E-state index in [1.165, 1.54) is 167 Å². The zero-order valence-corrected chi connectivity index (χ0v) is 35.3. The van der Waals surface area contributed by atoms with E-state index in [-0.39, 0.29) is 0 Å². The predicted octanol–water partition coefficient (Wildman–Crippen LogP) is 12.4. The summed E-state index contributed by atoms with van der Waals surface area (Å²) in [6.45, 7) is 4.03. The highest BCUT2D eigenvalue weighted by atomic mass is 16.3. The zero-order valence-electron chi connectivity index (χ0n) is 35.3. The van der Waals surface area contributed by atoms with Gasteiger partial charge in [-0.15, -0.1) is 0 Å². The van der Waals surface area contributed by atoms with E-state index in [2.05, 4.69) is 43.5 Å². The maximum Gasteiger partial charge on any atom is 0.249 e. The van der Waals surface area contributed by atoms with Gasteiger partial charge in [-0.1, -0.05) is 224 Å². The molecular weight excluding hydrogens is 659 g/mol. The number of carbonyl (C=O) groups excluding carboxylic acids is 1. The third-order valence-electron chi connectivity index (χ3n) is 10.9. The van der Waals surface area contributed by atoms with E-state index in [1.54, 1.807) is 0 Å². The summed E-state index contributed by atoms with van der Waals surface area (Å²) in [6.07, 6.45) is 47.7. The molecule has 0 aromatic heterocycles. The van der Waals surface area contributed by atoms with Crippen molar-refractivity contribution in [3.05, 3.63) is 24.3 Å². The smallest absolute Gasteiger partial charge is 0.249 e. The van der Waals surface area contributed by atoms with Gasteiger partial charge in [-0.3, -0.25) is 4.79 Å². The molecule has 4 atom stereocenters. The summed E-state index contributed by atoms with van der Waals surface area (Å²) >= 11 is 0. The lowest BCUT2D eigenvalue weighted by Gasteiger charge is -2.27. The molecule has 0 aliphatic carbocycles. The Labute approximate surface area is 329 Å². The lowest BCUT2D eigenvalue weighted by Crippen LogP contribution is -2.53. The average molecular weight is 750 g/mol. The van der Waals surface area contributed by atoms with Crippen molar-refractivity contribution in [3.8, 4) is 0 Å². The first-order valence-electron chi connectivity index (χ1n) is 23.2. The lowest BCUT2D eigenvalue weighted by atomic mass is 9.99. The lowest BCUT2D eigenvalue weighted by molar-refractivity contribution is -0.132. The molecule has 0 aromatic carbocycles. The predicted molar refractivity (Wildman–Crippen MR) is 228 cm³/mol. The van der Waals surface area contributed by atoms with Crippen molar-refractivity contribution in [3.63, 3.8) is 0 Å². The van der Waals surface area contributed by atoms with Gasteiger partial charge < -0.3 is 25.7 Å².